The van der Waals surface area contributed by atoms with E-state index in [1.54, 1.807) is 0 Å². The van der Waals surface area contributed by atoms with Crippen LogP contribution in [0.25, 0.3) is 0 Å². The molecule has 1 heterocycles. The van der Waals surface area contributed by atoms with Gasteiger partial charge in [0.2, 0.25) is 10.0 Å². The molecule has 0 saturated heterocycles. The fraction of sp³-hybridized carbons (Fsp3) is 0.294. The van der Waals surface area contributed by atoms with E-state index in [2.05, 4.69) is 4.72 Å². The molecule has 0 aliphatic carbocycles. The highest BCUT2D eigenvalue weighted by molar-refractivity contribution is 7.89. The van der Waals surface area contributed by atoms with Crippen molar-refractivity contribution in [1.82, 2.24) is 4.72 Å². The highest BCUT2D eigenvalue weighted by Crippen LogP contribution is 2.31. The average Bonchev–Trinajstić information content (AvgIpc) is 2.54. The largest absolute Gasteiger partial charge is 0.493 e. The summed E-state index contributed by atoms with van der Waals surface area (Å²) >= 11 is 0. The smallest absolute Gasteiger partial charge is 0.212 e. The maximum absolute atomic E-state index is 12.3. The molecular formula is C17H19NO3S. The number of para-hydroxylation sites is 1. The van der Waals surface area contributed by atoms with Gasteiger partial charge in [-0.15, -0.1) is 0 Å². The summed E-state index contributed by atoms with van der Waals surface area (Å²) in [5.41, 5.74) is 1.94. The molecule has 1 N–H and O–H groups in total. The average molecular weight is 317 g/mol. The SMILES string of the molecule is O=S(=O)(CCc1ccccc1)NC1CCOc2ccccc21. The van der Waals surface area contributed by atoms with Crippen LogP contribution in [-0.2, 0) is 16.4 Å². The van der Waals surface area contributed by atoms with Gasteiger partial charge in [-0.1, -0.05) is 48.5 Å². The molecule has 1 atom stereocenters. The number of hydrogen-bond acceptors (Lipinski definition) is 3. The van der Waals surface area contributed by atoms with Gasteiger partial charge >= 0.3 is 0 Å². The molecule has 22 heavy (non-hydrogen) atoms. The summed E-state index contributed by atoms with van der Waals surface area (Å²) in [6.45, 7) is 0.531. The van der Waals surface area contributed by atoms with Crippen LogP contribution in [0.4, 0.5) is 0 Å². The molecule has 0 aromatic heterocycles. The lowest BCUT2D eigenvalue weighted by Gasteiger charge is -2.26. The third kappa shape index (κ3) is 3.67. The Morgan fingerprint density at radius 1 is 1.05 bits per heavy atom. The number of ether oxygens (including phenoxy) is 1. The Hall–Kier alpha value is -1.85. The van der Waals surface area contributed by atoms with Gasteiger partial charge in [0.25, 0.3) is 0 Å². The van der Waals surface area contributed by atoms with E-state index < -0.39 is 10.0 Å². The highest BCUT2D eigenvalue weighted by Gasteiger charge is 2.25. The number of nitrogens with one attached hydrogen (secondary N) is 1. The van der Waals surface area contributed by atoms with Crippen LogP contribution in [0, 0.1) is 0 Å². The Morgan fingerprint density at radius 2 is 1.77 bits per heavy atom. The molecule has 2 aromatic carbocycles. The molecule has 4 nitrogen and oxygen atoms in total. The second kappa shape index (κ2) is 6.50. The van der Waals surface area contributed by atoms with Crippen molar-refractivity contribution < 1.29 is 13.2 Å². The van der Waals surface area contributed by atoms with Gasteiger partial charge < -0.3 is 4.74 Å². The molecular weight excluding hydrogens is 298 g/mol. The van der Waals surface area contributed by atoms with Crippen LogP contribution in [0.2, 0.25) is 0 Å². The van der Waals surface area contributed by atoms with Crippen molar-refractivity contribution >= 4 is 10.0 Å². The van der Waals surface area contributed by atoms with Crippen molar-refractivity contribution in [3.8, 4) is 5.75 Å². The van der Waals surface area contributed by atoms with Gasteiger partial charge in [0.1, 0.15) is 5.75 Å². The Morgan fingerprint density at radius 3 is 2.59 bits per heavy atom. The van der Waals surface area contributed by atoms with Gasteiger partial charge in [-0.25, -0.2) is 13.1 Å². The zero-order valence-corrected chi connectivity index (χ0v) is 13.1. The quantitative estimate of drug-likeness (QED) is 0.922. The van der Waals surface area contributed by atoms with Gasteiger partial charge in [-0.3, -0.25) is 0 Å². The van der Waals surface area contributed by atoms with Gasteiger partial charge in [0.15, 0.2) is 0 Å². The van der Waals surface area contributed by atoms with Crippen LogP contribution < -0.4 is 9.46 Å². The Balaban J connectivity index is 1.67. The number of aryl methyl sites for hydroxylation is 1. The molecule has 0 amide bonds. The molecule has 116 valence electrons. The summed E-state index contributed by atoms with van der Waals surface area (Å²) in [4.78, 5) is 0. The predicted molar refractivity (Wildman–Crippen MR) is 86.4 cm³/mol. The first kappa shape index (κ1) is 15.1. The molecule has 0 spiro atoms. The lowest BCUT2D eigenvalue weighted by atomic mass is 10.0. The van der Waals surface area contributed by atoms with Gasteiger partial charge in [0.05, 0.1) is 18.4 Å². The summed E-state index contributed by atoms with van der Waals surface area (Å²) < 4.78 is 33.0. The topological polar surface area (TPSA) is 55.4 Å². The van der Waals surface area contributed by atoms with E-state index in [1.807, 2.05) is 54.6 Å². The molecule has 3 rings (SSSR count). The minimum absolute atomic E-state index is 0.0938. The van der Waals surface area contributed by atoms with E-state index in [0.29, 0.717) is 19.4 Å². The maximum Gasteiger partial charge on any atom is 0.212 e. The number of fused-ring (bicyclic) bond motifs is 1. The fourth-order valence-corrected chi connectivity index (χ4v) is 3.94. The Kier molecular flexibility index (Phi) is 4.45. The van der Waals surface area contributed by atoms with E-state index >= 15 is 0 Å². The number of rotatable bonds is 5. The van der Waals surface area contributed by atoms with Gasteiger partial charge in [-0.2, -0.15) is 0 Å². The van der Waals surface area contributed by atoms with Crippen LogP contribution in [-0.4, -0.2) is 20.8 Å². The van der Waals surface area contributed by atoms with E-state index in [9.17, 15) is 8.42 Å². The van der Waals surface area contributed by atoms with Crippen molar-refractivity contribution in [3.63, 3.8) is 0 Å². The first-order valence-corrected chi connectivity index (χ1v) is 9.05. The van der Waals surface area contributed by atoms with Crippen LogP contribution in [0.5, 0.6) is 5.75 Å². The molecule has 1 aliphatic rings. The van der Waals surface area contributed by atoms with E-state index in [4.69, 9.17) is 4.74 Å². The second-order valence-electron chi connectivity index (χ2n) is 5.40. The third-order valence-corrected chi connectivity index (χ3v) is 5.17. The van der Waals surface area contributed by atoms with E-state index in [0.717, 1.165) is 16.9 Å². The number of benzene rings is 2. The van der Waals surface area contributed by atoms with Gasteiger partial charge in [0, 0.05) is 12.0 Å². The molecule has 0 radical (unpaired) electrons. The Bertz CT molecular complexity index is 729. The van der Waals surface area contributed by atoms with Crippen LogP contribution in [0.1, 0.15) is 23.6 Å². The summed E-state index contributed by atoms with van der Waals surface area (Å²) in [6, 6.07) is 17.0. The molecule has 0 bridgehead atoms. The number of hydrogen-bond donors (Lipinski definition) is 1. The maximum atomic E-state index is 12.3. The lowest BCUT2D eigenvalue weighted by molar-refractivity contribution is 0.263. The van der Waals surface area contributed by atoms with Crippen molar-refractivity contribution in [2.45, 2.75) is 18.9 Å². The molecule has 0 saturated carbocycles. The second-order valence-corrected chi connectivity index (χ2v) is 7.27. The molecule has 0 fully saturated rings. The zero-order chi connectivity index (χ0) is 15.4. The van der Waals surface area contributed by atoms with Gasteiger partial charge in [-0.05, 0) is 18.1 Å². The molecule has 1 unspecified atom stereocenters. The summed E-state index contributed by atoms with van der Waals surface area (Å²) in [5, 5.41) is 0. The molecule has 2 aromatic rings. The Labute approximate surface area is 131 Å². The predicted octanol–water partition coefficient (Wildman–Crippen LogP) is 2.67. The normalized spacial score (nSPS) is 17.5. The first-order valence-electron chi connectivity index (χ1n) is 7.40. The monoisotopic (exact) mass is 317 g/mol. The number of sulfonamides is 1. The molecule has 1 aliphatic heterocycles. The molecule has 5 heteroatoms. The highest BCUT2D eigenvalue weighted by atomic mass is 32.2. The van der Waals surface area contributed by atoms with Crippen molar-refractivity contribution in [1.29, 1.82) is 0 Å². The zero-order valence-electron chi connectivity index (χ0n) is 12.2. The third-order valence-electron chi connectivity index (χ3n) is 3.78. The standard InChI is InChI=1S/C17H19NO3S/c19-22(20,13-11-14-6-2-1-3-7-14)18-16-10-12-21-17-9-5-4-8-15(16)17/h1-9,16,18H,10-13H2. The van der Waals surface area contributed by atoms with E-state index in [1.165, 1.54) is 0 Å². The summed E-state index contributed by atoms with van der Waals surface area (Å²) in [5.74, 6) is 0.862. The lowest BCUT2D eigenvalue weighted by Crippen LogP contribution is -2.34. The van der Waals surface area contributed by atoms with Crippen molar-refractivity contribution in [3.05, 3.63) is 65.7 Å². The van der Waals surface area contributed by atoms with E-state index in [-0.39, 0.29) is 11.8 Å². The summed E-state index contributed by atoms with van der Waals surface area (Å²) in [6.07, 6.45) is 1.17. The minimum atomic E-state index is -3.33. The van der Waals surface area contributed by atoms with Crippen LogP contribution in [0.15, 0.2) is 54.6 Å². The first-order chi connectivity index (χ1) is 10.6. The van der Waals surface area contributed by atoms with Crippen molar-refractivity contribution in [2.75, 3.05) is 12.4 Å². The van der Waals surface area contributed by atoms with Crippen LogP contribution >= 0.6 is 0 Å². The minimum Gasteiger partial charge on any atom is -0.493 e. The van der Waals surface area contributed by atoms with Crippen LogP contribution in [0.3, 0.4) is 0 Å². The summed E-state index contributed by atoms with van der Waals surface area (Å²) in [7, 11) is -3.33. The fourth-order valence-electron chi connectivity index (χ4n) is 2.64. The van der Waals surface area contributed by atoms with Crippen molar-refractivity contribution in [2.24, 2.45) is 0 Å².